The van der Waals surface area contributed by atoms with Gasteiger partial charge in [-0.25, -0.2) is 14.6 Å². The van der Waals surface area contributed by atoms with Crippen LogP contribution in [-0.4, -0.2) is 47.0 Å². The minimum atomic E-state index is -0.602. The Morgan fingerprint density at radius 3 is 2.17 bits per heavy atom. The molecule has 0 unspecified atom stereocenters. The van der Waals surface area contributed by atoms with Crippen molar-refractivity contribution in [1.82, 2.24) is 9.55 Å². The summed E-state index contributed by atoms with van der Waals surface area (Å²) < 4.78 is 25.2. The number of carbonyl (C=O) groups is 2. The Bertz CT molecular complexity index is 1320. The van der Waals surface area contributed by atoms with Crippen molar-refractivity contribution in [1.29, 1.82) is 0 Å². The molecule has 0 bridgehead atoms. The molecule has 41 heavy (non-hydrogen) atoms. The van der Waals surface area contributed by atoms with Crippen molar-refractivity contribution in [2.75, 3.05) is 19.8 Å². The Morgan fingerprint density at radius 2 is 1.54 bits per heavy atom. The molecule has 0 spiro atoms. The summed E-state index contributed by atoms with van der Waals surface area (Å²) in [5.41, 5.74) is 2.72. The molecule has 0 radical (unpaired) electrons. The summed E-state index contributed by atoms with van der Waals surface area (Å²) in [6, 6.07) is 7.68. The van der Waals surface area contributed by atoms with Gasteiger partial charge in [-0.3, -0.25) is 4.57 Å². The average Bonchev–Trinajstić information content (AvgIpc) is 3.36. The lowest BCUT2D eigenvalue weighted by atomic mass is 9.99. The number of nitrogens with zero attached hydrogens (tertiary/aromatic N) is 2. The Labute approximate surface area is 244 Å². The first kappa shape index (κ1) is 32.0. The zero-order valence-corrected chi connectivity index (χ0v) is 25.8. The van der Waals surface area contributed by atoms with E-state index in [1.807, 2.05) is 52.0 Å². The molecule has 0 aliphatic carbocycles. The summed E-state index contributed by atoms with van der Waals surface area (Å²) in [5, 5.41) is 0.863. The summed E-state index contributed by atoms with van der Waals surface area (Å²) in [4.78, 5) is 31.1. The molecule has 3 aromatic rings. The lowest BCUT2D eigenvalue weighted by Gasteiger charge is -2.21. The van der Waals surface area contributed by atoms with Crippen LogP contribution in [-0.2, 0) is 15.9 Å². The Balaban J connectivity index is 2.16. The zero-order chi connectivity index (χ0) is 30.0. The van der Waals surface area contributed by atoms with Crippen LogP contribution in [0.3, 0.4) is 0 Å². The van der Waals surface area contributed by atoms with Crippen LogP contribution in [0.4, 0.5) is 4.79 Å². The fraction of sp³-hybridized carbons (Fsp3) is 0.545. The first-order chi connectivity index (χ1) is 19.6. The number of hydrogen-bond donors (Lipinski definition) is 0. The van der Waals surface area contributed by atoms with Crippen LogP contribution in [0.25, 0.3) is 22.2 Å². The molecular weight excluding hydrogens is 520 g/mol. The SMILES string of the molecule is CCCCOC(=O)c1c(OCCCC)nc(-c2ccc3c(ccn3C(=O)OC(C)(C)C)c2)c(CC)c1OCCCC. The van der Waals surface area contributed by atoms with Crippen LogP contribution in [0, 0.1) is 0 Å². The van der Waals surface area contributed by atoms with Gasteiger partial charge in [0.05, 0.1) is 31.0 Å². The first-order valence-corrected chi connectivity index (χ1v) is 15.0. The zero-order valence-electron chi connectivity index (χ0n) is 25.8. The average molecular weight is 567 g/mol. The highest BCUT2D eigenvalue weighted by molar-refractivity contribution is 5.97. The molecule has 0 amide bonds. The first-order valence-electron chi connectivity index (χ1n) is 15.0. The van der Waals surface area contributed by atoms with E-state index in [9.17, 15) is 9.59 Å². The number of esters is 1. The van der Waals surface area contributed by atoms with E-state index >= 15 is 0 Å². The third-order valence-corrected chi connectivity index (χ3v) is 6.54. The molecule has 2 heterocycles. The van der Waals surface area contributed by atoms with Gasteiger partial charge >= 0.3 is 12.1 Å². The van der Waals surface area contributed by atoms with E-state index in [1.165, 1.54) is 4.57 Å². The number of aromatic nitrogens is 2. The van der Waals surface area contributed by atoms with E-state index in [-0.39, 0.29) is 11.4 Å². The van der Waals surface area contributed by atoms with E-state index in [4.69, 9.17) is 23.9 Å². The summed E-state index contributed by atoms with van der Waals surface area (Å²) in [6.07, 6.45) is 7.14. The molecule has 8 heteroatoms. The lowest BCUT2D eigenvalue weighted by Crippen LogP contribution is -2.26. The van der Waals surface area contributed by atoms with E-state index in [0.29, 0.717) is 37.7 Å². The molecule has 0 N–H and O–H groups in total. The second kappa shape index (κ2) is 14.9. The lowest BCUT2D eigenvalue weighted by molar-refractivity contribution is 0.0486. The van der Waals surface area contributed by atoms with Crippen LogP contribution in [0.15, 0.2) is 30.5 Å². The van der Waals surface area contributed by atoms with Crippen LogP contribution in [0.1, 0.15) is 103 Å². The van der Waals surface area contributed by atoms with Crippen molar-refractivity contribution in [2.45, 2.75) is 99.0 Å². The highest BCUT2D eigenvalue weighted by atomic mass is 16.6. The number of unbranched alkanes of at least 4 members (excludes halogenated alkanes) is 3. The van der Waals surface area contributed by atoms with Gasteiger partial charge in [-0.05, 0) is 64.7 Å². The van der Waals surface area contributed by atoms with Crippen molar-refractivity contribution < 1.29 is 28.5 Å². The smallest absolute Gasteiger partial charge is 0.418 e. The Kier molecular flexibility index (Phi) is 11.6. The number of pyridine rings is 1. The van der Waals surface area contributed by atoms with Gasteiger partial charge in [-0.2, -0.15) is 0 Å². The molecule has 0 aliphatic rings. The fourth-order valence-electron chi connectivity index (χ4n) is 4.36. The van der Waals surface area contributed by atoms with Crippen molar-refractivity contribution in [2.24, 2.45) is 0 Å². The molecular formula is C33H46N2O6. The number of ether oxygens (including phenoxy) is 4. The number of rotatable bonds is 14. The largest absolute Gasteiger partial charge is 0.492 e. The molecule has 1 aromatic carbocycles. The standard InChI is InChI=1S/C33H46N2O6/c1-8-12-19-38-29-25(11-4)28(34-30(39-20-13-9-2)27(29)31(36)40-21-14-10-3)24-15-16-26-23(22-24)17-18-35(26)32(37)41-33(5,6)7/h15-18,22H,8-14,19-21H2,1-7H3. The monoisotopic (exact) mass is 566 g/mol. The quantitative estimate of drug-likeness (QED) is 0.143. The molecule has 2 aromatic heterocycles. The number of fused-ring (bicyclic) bond motifs is 1. The highest BCUT2D eigenvalue weighted by Crippen LogP contribution is 2.39. The molecule has 0 saturated heterocycles. The molecule has 0 atom stereocenters. The highest BCUT2D eigenvalue weighted by Gasteiger charge is 2.29. The molecule has 0 saturated carbocycles. The number of hydrogen-bond acceptors (Lipinski definition) is 7. The van der Waals surface area contributed by atoms with Crippen LogP contribution < -0.4 is 9.47 Å². The third-order valence-electron chi connectivity index (χ3n) is 6.54. The van der Waals surface area contributed by atoms with Crippen LogP contribution in [0.2, 0.25) is 0 Å². The van der Waals surface area contributed by atoms with Gasteiger partial charge < -0.3 is 18.9 Å². The van der Waals surface area contributed by atoms with Crippen LogP contribution in [0.5, 0.6) is 11.6 Å². The van der Waals surface area contributed by atoms with Gasteiger partial charge in [0.15, 0.2) is 5.56 Å². The van der Waals surface area contributed by atoms with Crippen molar-refractivity contribution >= 4 is 23.0 Å². The Morgan fingerprint density at radius 1 is 0.878 bits per heavy atom. The minimum absolute atomic E-state index is 0.227. The maximum Gasteiger partial charge on any atom is 0.418 e. The maximum absolute atomic E-state index is 13.4. The molecule has 0 aliphatic heterocycles. The fourth-order valence-corrected chi connectivity index (χ4v) is 4.36. The third kappa shape index (κ3) is 8.24. The second-order valence-electron chi connectivity index (χ2n) is 11.1. The van der Waals surface area contributed by atoms with Crippen molar-refractivity contribution in [3.8, 4) is 22.9 Å². The van der Waals surface area contributed by atoms with Crippen LogP contribution >= 0.6 is 0 Å². The van der Waals surface area contributed by atoms with E-state index in [0.717, 1.165) is 60.6 Å². The van der Waals surface area contributed by atoms with E-state index in [2.05, 4.69) is 20.8 Å². The summed E-state index contributed by atoms with van der Waals surface area (Å²) in [6.45, 7) is 15.0. The summed E-state index contributed by atoms with van der Waals surface area (Å²) in [5.74, 6) is 0.227. The number of carbonyl (C=O) groups excluding carboxylic acids is 2. The topological polar surface area (TPSA) is 88.9 Å². The predicted octanol–water partition coefficient (Wildman–Crippen LogP) is 8.36. The normalized spacial score (nSPS) is 11.5. The summed E-state index contributed by atoms with van der Waals surface area (Å²) >= 11 is 0. The molecule has 224 valence electrons. The van der Waals surface area contributed by atoms with Gasteiger partial charge in [-0.1, -0.05) is 53.0 Å². The van der Waals surface area contributed by atoms with Gasteiger partial charge in [0, 0.05) is 22.7 Å². The molecule has 0 fully saturated rings. The second-order valence-corrected chi connectivity index (χ2v) is 11.1. The summed E-state index contributed by atoms with van der Waals surface area (Å²) in [7, 11) is 0. The van der Waals surface area contributed by atoms with Crippen molar-refractivity contribution in [3.63, 3.8) is 0 Å². The predicted molar refractivity (Wildman–Crippen MR) is 162 cm³/mol. The Hall–Kier alpha value is -3.55. The van der Waals surface area contributed by atoms with Gasteiger partial charge in [0.1, 0.15) is 11.4 Å². The molecule has 3 rings (SSSR count). The minimum Gasteiger partial charge on any atom is -0.492 e. The van der Waals surface area contributed by atoms with E-state index < -0.39 is 17.7 Å². The van der Waals surface area contributed by atoms with Gasteiger partial charge in [0.2, 0.25) is 5.88 Å². The van der Waals surface area contributed by atoms with Gasteiger partial charge in [-0.15, -0.1) is 0 Å². The van der Waals surface area contributed by atoms with Gasteiger partial charge in [0.25, 0.3) is 0 Å². The van der Waals surface area contributed by atoms with Crippen molar-refractivity contribution in [3.05, 3.63) is 41.6 Å². The molecule has 8 nitrogen and oxygen atoms in total. The van der Waals surface area contributed by atoms with E-state index in [1.54, 1.807) is 6.20 Å². The maximum atomic E-state index is 13.4. The number of benzene rings is 1.